The summed E-state index contributed by atoms with van der Waals surface area (Å²) in [6.45, 7) is 7.04. The molecule has 1 amide bonds. The second-order valence-electron chi connectivity index (χ2n) is 10.9. The number of likely N-dealkylation sites (N-methyl/N-ethyl adjacent to an activating group) is 1. The highest BCUT2D eigenvalue weighted by molar-refractivity contribution is 6.05. The largest absolute Gasteiger partial charge is 0.416 e. The van der Waals surface area contributed by atoms with Gasteiger partial charge in [-0.2, -0.15) is 13.2 Å². The summed E-state index contributed by atoms with van der Waals surface area (Å²) >= 11 is 0. The number of hydrogen-bond acceptors (Lipinski definition) is 10. The smallest absolute Gasteiger partial charge is 0.378 e. The molecule has 2 aromatic heterocycles. The van der Waals surface area contributed by atoms with Crippen LogP contribution < -0.4 is 20.4 Å². The standard InChI is InChI=1S/C30H32F3N9O2/c1-19-3-4-20(28(43)37-22-14-21(30(31,32)33)15-23(16-22)41-7-5-40(2)6-8-41)13-24(19)38-27-26-25(35-18-36-27)17-34-29(39-26)42-9-11-44-12-10-42/h3-4,13-18H,5-12H2,1-2H3,(H,37,43)(H,35,36,38). The van der Waals surface area contributed by atoms with Crippen molar-refractivity contribution in [3.63, 3.8) is 0 Å². The molecule has 4 heterocycles. The number of aromatic nitrogens is 4. The number of hydrogen-bond donors (Lipinski definition) is 2. The SMILES string of the molecule is Cc1ccc(C(=O)Nc2cc(N3CCN(C)CC3)cc(C(F)(F)F)c2)cc1Nc1ncnc2cnc(N3CCOCC3)nc12. The fourth-order valence-corrected chi connectivity index (χ4v) is 5.17. The van der Waals surface area contributed by atoms with Gasteiger partial charge in [0.25, 0.3) is 5.91 Å². The lowest BCUT2D eigenvalue weighted by molar-refractivity contribution is -0.137. The molecule has 6 rings (SSSR count). The zero-order chi connectivity index (χ0) is 30.8. The van der Waals surface area contributed by atoms with Crippen LogP contribution in [0.1, 0.15) is 21.5 Å². The Hall–Kier alpha value is -4.56. The van der Waals surface area contributed by atoms with Gasteiger partial charge in [-0.1, -0.05) is 6.07 Å². The summed E-state index contributed by atoms with van der Waals surface area (Å²) < 4.78 is 46.9. The lowest BCUT2D eigenvalue weighted by atomic mass is 10.1. The maximum atomic E-state index is 13.8. The summed E-state index contributed by atoms with van der Waals surface area (Å²) in [5.74, 6) is 0.434. The highest BCUT2D eigenvalue weighted by atomic mass is 19.4. The van der Waals surface area contributed by atoms with Gasteiger partial charge in [0.05, 0.1) is 25.0 Å². The molecule has 2 saturated heterocycles. The zero-order valence-electron chi connectivity index (χ0n) is 24.4. The number of benzene rings is 2. The first-order chi connectivity index (χ1) is 21.1. The fraction of sp³-hybridized carbons (Fsp3) is 0.367. The van der Waals surface area contributed by atoms with Crippen molar-refractivity contribution in [2.45, 2.75) is 13.1 Å². The minimum Gasteiger partial charge on any atom is -0.378 e. The number of alkyl halides is 3. The van der Waals surface area contributed by atoms with Gasteiger partial charge in [-0.05, 0) is 49.9 Å². The third kappa shape index (κ3) is 6.50. The van der Waals surface area contributed by atoms with Crippen LogP contribution in [0.3, 0.4) is 0 Å². The third-order valence-electron chi connectivity index (χ3n) is 7.78. The molecule has 4 aromatic rings. The lowest BCUT2D eigenvalue weighted by Crippen LogP contribution is -2.44. The molecule has 230 valence electrons. The molecule has 14 heteroatoms. The molecule has 2 aliphatic heterocycles. The van der Waals surface area contributed by atoms with E-state index in [9.17, 15) is 18.0 Å². The van der Waals surface area contributed by atoms with Crippen LogP contribution in [0, 0.1) is 6.92 Å². The van der Waals surface area contributed by atoms with Crippen LogP contribution in [0.4, 0.5) is 42.0 Å². The number of anilines is 5. The molecular formula is C30H32F3N9O2. The van der Waals surface area contributed by atoms with Crippen molar-refractivity contribution in [2.75, 3.05) is 80.0 Å². The Morgan fingerprint density at radius 2 is 1.70 bits per heavy atom. The molecular weight excluding hydrogens is 575 g/mol. The number of rotatable bonds is 6. The van der Waals surface area contributed by atoms with E-state index in [0.717, 1.165) is 30.8 Å². The number of nitrogens with zero attached hydrogens (tertiary/aromatic N) is 7. The van der Waals surface area contributed by atoms with Crippen LogP contribution in [-0.2, 0) is 10.9 Å². The first-order valence-corrected chi connectivity index (χ1v) is 14.3. The average molecular weight is 608 g/mol. The highest BCUT2D eigenvalue weighted by Crippen LogP contribution is 2.35. The quantitative estimate of drug-likeness (QED) is 0.329. The Balaban J connectivity index is 1.26. The number of ether oxygens (including phenoxy) is 1. The van der Waals surface area contributed by atoms with Gasteiger partial charge in [0.2, 0.25) is 5.95 Å². The predicted octanol–water partition coefficient (Wildman–Crippen LogP) is 4.33. The topological polar surface area (TPSA) is 112 Å². The molecule has 0 atom stereocenters. The van der Waals surface area contributed by atoms with E-state index in [4.69, 9.17) is 9.72 Å². The number of carbonyl (C=O) groups excluding carboxylic acids is 1. The highest BCUT2D eigenvalue weighted by Gasteiger charge is 2.32. The van der Waals surface area contributed by atoms with E-state index in [1.807, 2.05) is 23.8 Å². The molecule has 0 bridgehead atoms. The van der Waals surface area contributed by atoms with Crippen molar-refractivity contribution >= 4 is 45.8 Å². The number of fused-ring (bicyclic) bond motifs is 1. The van der Waals surface area contributed by atoms with Crippen LogP contribution in [0.5, 0.6) is 0 Å². The third-order valence-corrected chi connectivity index (χ3v) is 7.78. The predicted molar refractivity (Wildman–Crippen MR) is 162 cm³/mol. The van der Waals surface area contributed by atoms with Gasteiger partial charge in [-0.3, -0.25) is 4.79 Å². The van der Waals surface area contributed by atoms with Gasteiger partial charge < -0.3 is 30.1 Å². The molecule has 0 aliphatic carbocycles. The maximum Gasteiger partial charge on any atom is 0.416 e. The van der Waals surface area contributed by atoms with Crippen LogP contribution in [0.15, 0.2) is 48.9 Å². The molecule has 44 heavy (non-hydrogen) atoms. The Kier molecular flexibility index (Phi) is 8.19. The van der Waals surface area contributed by atoms with E-state index in [1.54, 1.807) is 30.5 Å². The minimum atomic E-state index is -4.56. The number of halogens is 3. The molecule has 11 nitrogen and oxygen atoms in total. The monoisotopic (exact) mass is 607 g/mol. The number of aryl methyl sites for hydroxylation is 1. The number of nitrogens with one attached hydrogen (secondary N) is 2. The second kappa shape index (κ2) is 12.2. The van der Waals surface area contributed by atoms with E-state index >= 15 is 0 Å². The molecule has 2 aromatic carbocycles. The van der Waals surface area contributed by atoms with E-state index in [2.05, 4.69) is 30.5 Å². The number of carbonyl (C=O) groups is 1. The second-order valence-corrected chi connectivity index (χ2v) is 10.9. The first-order valence-electron chi connectivity index (χ1n) is 14.3. The summed E-state index contributed by atoms with van der Waals surface area (Å²) in [5.41, 5.74) is 2.42. The normalized spacial score (nSPS) is 16.3. The van der Waals surface area contributed by atoms with Gasteiger partial charge in [-0.15, -0.1) is 0 Å². The molecule has 0 spiro atoms. The van der Waals surface area contributed by atoms with Crippen molar-refractivity contribution in [1.82, 2.24) is 24.8 Å². The van der Waals surface area contributed by atoms with Crippen molar-refractivity contribution in [2.24, 2.45) is 0 Å². The number of morpholine rings is 1. The van der Waals surface area contributed by atoms with Crippen LogP contribution in [0.25, 0.3) is 11.0 Å². The lowest BCUT2D eigenvalue weighted by Gasteiger charge is -2.34. The van der Waals surface area contributed by atoms with Crippen molar-refractivity contribution < 1.29 is 22.7 Å². The van der Waals surface area contributed by atoms with E-state index < -0.39 is 17.6 Å². The van der Waals surface area contributed by atoms with Gasteiger partial charge in [-0.25, -0.2) is 19.9 Å². The van der Waals surface area contributed by atoms with Crippen molar-refractivity contribution in [3.8, 4) is 0 Å². The molecule has 2 fully saturated rings. The fourth-order valence-electron chi connectivity index (χ4n) is 5.17. The van der Waals surface area contributed by atoms with Crippen molar-refractivity contribution in [3.05, 3.63) is 65.6 Å². The van der Waals surface area contributed by atoms with Gasteiger partial charge in [0.1, 0.15) is 17.4 Å². The maximum absolute atomic E-state index is 13.8. The van der Waals surface area contributed by atoms with E-state index in [-0.39, 0.29) is 11.3 Å². The van der Waals surface area contributed by atoms with E-state index in [1.165, 1.54) is 6.33 Å². The molecule has 2 aliphatic rings. The van der Waals surface area contributed by atoms with Crippen LogP contribution in [0.2, 0.25) is 0 Å². The molecule has 0 saturated carbocycles. The minimum absolute atomic E-state index is 0.0722. The first kappa shape index (κ1) is 29.5. The molecule has 0 radical (unpaired) electrons. The summed E-state index contributed by atoms with van der Waals surface area (Å²) in [4.78, 5) is 37.2. The summed E-state index contributed by atoms with van der Waals surface area (Å²) in [6.07, 6.45) is -1.52. The molecule has 0 unspecified atom stereocenters. The summed E-state index contributed by atoms with van der Waals surface area (Å²) in [5, 5.41) is 5.94. The molecule has 2 N–H and O–H groups in total. The Morgan fingerprint density at radius 3 is 2.45 bits per heavy atom. The van der Waals surface area contributed by atoms with Crippen molar-refractivity contribution in [1.29, 1.82) is 0 Å². The van der Waals surface area contributed by atoms with Gasteiger partial charge in [0.15, 0.2) is 5.82 Å². The van der Waals surface area contributed by atoms with Gasteiger partial charge in [0, 0.05) is 61.9 Å². The summed E-state index contributed by atoms with van der Waals surface area (Å²) in [7, 11) is 1.98. The summed E-state index contributed by atoms with van der Waals surface area (Å²) in [6, 6.07) is 8.71. The average Bonchev–Trinajstić information content (AvgIpc) is 3.02. The Bertz CT molecular complexity index is 1670. The Morgan fingerprint density at radius 1 is 0.932 bits per heavy atom. The number of amides is 1. The zero-order valence-corrected chi connectivity index (χ0v) is 24.4. The van der Waals surface area contributed by atoms with Gasteiger partial charge >= 0.3 is 6.18 Å². The van der Waals surface area contributed by atoms with E-state index in [0.29, 0.717) is 73.6 Å². The number of piperazine rings is 1. The Labute approximate surface area is 252 Å². The van der Waals surface area contributed by atoms with Crippen LogP contribution in [-0.4, -0.2) is 90.3 Å². The van der Waals surface area contributed by atoms with Crippen LogP contribution >= 0.6 is 0 Å².